The van der Waals surface area contributed by atoms with Gasteiger partial charge in [0, 0.05) is 31.4 Å². The molecule has 126 valence electrons. The van der Waals surface area contributed by atoms with Gasteiger partial charge in [0.1, 0.15) is 5.92 Å². The van der Waals surface area contributed by atoms with E-state index in [2.05, 4.69) is 5.10 Å². The van der Waals surface area contributed by atoms with Crippen LogP contribution in [0.2, 0.25) is 0 Å². The Bertz CT molecular complexity index is 810. The van der Waals surface area contributed by atoms with Crippen molar-refractivity contribution >= 4 is 17.6 Å². The molecule has 1 amide bonds. The Morgan fingerprint density at radius 1 is 1.29 bits per heavy atom. The number of rotatable bonds is 4. The second kappa shape index (κ2) is 6.11. The van der Waals surface area contributed by atoms with Crippen molar-refractivity contribution in [1.29, 1.82) is 0 Å². The highest BCUT2D eigenvalue weighted by Crippen LogP contribution is 2.36. The number of hydrogen-bond donors (Lipinski definition) is 1. The maximum Gasteiger partial charge on any atom is 0.312 e. The van der Waals surface area contributed by atoms with E-state index in [4.69, 9.17) is 0 Å². The van der Waals surface area contributed by atoms with Crippen molar-refractivity contribution in [3.8, 4) is 0 Å². The normalized spacial score (nSPS) is 16.3. The third-order valence-electron chi connectivity index (χ3n) is 4.82. The van der Waals surface area contributed by atoms with Crippen LogP contribution in [0.3, 0.4) is 0 Å². The van der Waals surface area contributed by atoms with Gasteiger partial charge in [-0.3, -0.25) is 14.3 Å². The summed E-state index contributed by atoms with van der Waals surface area (Å²) in [6.07, 6.45) is 0.953. The summed E-state index contributed by atoms with van der Waals surface area (Å²) < 4.78 is 1.82. The molecule has 2 aromatic rings. The van der Waals surface area contributed by atoms with Crippen LogP contribution in [0.5, 0.6) is 0 Å². The van der Waals surface area contributed by atoms with Crippen LogP contribution in [0.15, 0.2) is 24.3 Å². The number of hydrogen-bond acceptors (Lipinski definition) is 3. The van der Waals surface area contributed by atoms with Crippen molar-refractivity contribution in [2.45, 2.75) is 32.6 Å². The Morgan fingerprint density at radius 2 is 2.00 bits per heavy atom. The van der Waals surface area contributed by atoms with Crippen LogP contribution in [0.25, 0.3) is 0 Å². The predicted molar refractivity (Wildman–Crippen MR) is 90.2 cm³/mol. The highest BCUT2D eigenvalue weighted by Gasteiger charge is 2.36. The largest absolute Gasteiger partial charge is 0.481 e. The number of aliphatic carboxylic acids is 1. The molecule has 0 spiro atoms. The molecule has 0 saturated carbocycles. The SMILES string of the molecule is Cc1nn(C)c(C)c1CCC(=O)N1C[C@H](C(=O)O)c2ccccc21. The van der Waals surface area contributed by atoms with Crippen LogP contribution in [-0.2, 0) is 23.1 Å². The number of benzene rings is 1. The Kier molecular flexibility index (Phi) is 4.13. The minimum atomic E-state index is -0.892. The van der Waals surface area contributed by atoms with Crippen LogP contribution >= 0.6 is 0 Å². The molecule has 1 aliphatic heterocycles. The van der Waals surface area contributed by atoms with E-state index in [0.717, 1.165) is 22.6 Å². The van der Waals surface area contributed by atoms with Crippen molar-refractivity contribution < 1.29 is 14.7 Å². The van der Waals surface area contributed by atoms with Crippen LogP contribution < -0.4 is 4.90 Å². The number of carbonyl (C=O) groups excluding carboxylic acids is 1. The summed E-state index contributed by atoms with van der Waals surface area (Å²) in [4.78, 5) is 25.7. The molecule has 1 N–H and O–H groups in total. The van der Waals surface area contributed by atoms with Crippen molar-refractivity contribution in [3.05, 3.63) is 46.8 Å². The van der Waals surface area contributed by atoms with Gasteiger partial charge >= 0.3 is 5.97 Å². The Hall–Kier alpha value is -2.63. The minimum absolute atomic E-state index is 0.0474. The lowest BCUT2D eigenvalue weighted by molar-refractivity contribution is -0.138. The maximum atomic E-state index is 12.7. The van der Waals surface area contributed by atoms with E-state index in [0.29, 0.717) is 18.4 Å². The van der Waals surface area contributed by atoms with E-state index in [1.807, 2.05) is 43.8 Å². The Labute approximate surface area is 140 Å². The number of fused-ring (bicyclic) bond motifs is 1. The molecule has 24 heavy (non-hydrogen) atoms. The van der Waals surface area contributed by atoms with Gasteiger partial charge in [0.2, 0.25) is 5.91 Å². The summed E-state index contributed by atoms with van der Waals surface area (Å²) in [5, 5.41) is 13.8. The molecule has 0 bridgehead atoms. The summed E-state index contributed by atoms with van der Waals surface area (Å²) in [5.41, 5.74) is 4.52. The van der Waals surface area contributed by atoms with Crippen molar-refractivity contribution in [3.63, 3.8) is 0 Å². The standard InChI is InChI=1S/C18H21N3O3/c1-11-13(12(2)20(3)19-11)8-9-17(22)21-10-15(18(23)24)14-6-4-5-7-16(14)21/h4-7,15H,8-10H2,1-3H3,(H,23,24)/t15-/m0/s1. The lowest BCUT2D eigenvalue weighted by Crippen LogP contribution is -2.31. The number of aryl methyl sites for hydroxylation is 2. The summed E-state index contributed by atoms with van der Waals surface area (Å²) >= 11 is 0. The van der Waals surface area contributed by atoms with Crippen molar-refractivity contribution in [2.75, 3.05) is 11.4 Å². The average molecular weight is 327 g/mol. The van der Waals surface area contributed by atoms with Gasteiger partial charge < -0.3 is 10.0 Å². The molecule has 2 heterocycles. The van der Waals surface area contributed by atoms with Crippen LogP contribution in [-0.4, -0.2) is 33.3 Å². The topological polar surface area (TPSA) is 75.4 Å². The maximum absolute atomic E-state index is 12.7. The lowest BCUT2D eigenvalue weighted by atomic mass is 10.0. The van der Waals surface area contributed by atoms with Gasteiger partial charge in [-0.2, -0.15) is 5.10 Å². The van der Waals surface area contributed by atoms with Crippen LogP contribution in [0, 0.1) is 13.8 Å². The number of aromatic nitrogens is 2. The quantitative estimate of drug-likeness (QED) is 0.934. The fourth-order valence-electron chi connectivity index (χ4n) is 3.40. The lowest BCUT2D eigenvalue weighted by Gasteiger charge is -2.17. The summed E-state index contributed by atoms with van der Waals surface area (Å²) in [5.74, 6) is -1.59. The van der Waals surface area contributed by atoms with Gasteiger partial charge in [-0.05, 0) is 37.5 Å². The second-order valence-corrected chi connectivity index (χ2v) is 6.23. The van der Waals surface area contributed by atoms with Gasteiger partial charge in [0.15, 0.2) is 0 Å². The van der Waals surface area contributed by atoms with E-state index in [1.165, 1.54) is 0 Å². The zero-order valence-electron chi connectivity index (χ0n) is 14.1. The molecule has 6 heteroatoms. The van der Waals surface area contributed by atoms with Crippen molar-refractivity contribution in [2.24, 2.45) is 7.05 Å². The van der Waals surface area contributed by atoms with Gasteiger partial charge in [-0.1, -0.05) is 18.2 Å². The molecule has 0 aliphatic carbocycles. The summed E-state index contributed by atoms with van der Waals surface area (Å²) in [6, 6.07) is 7.25. The smallest absolute Gasteiger partial charge is 0.312 e. The molecule has 1 atom stereocenters. The van der Waals surface area contributed by atoms with Gasteiger partial charge in [-0.15, -0.1) is 0 Å². The van der Waals surface area contributed by atoms with Crippen molar-refractivity contribution in [1.82, 2.24) is 9.78 Å². The van der Waals surface area contributed by atoms with E-state index < -0.39 is 11.9 Å². The average Bonchev–Trinajstić information content (AvgIpc) is 3.04. The molecule has 0 saturated heterocycles. The number of carboxylic acid groups (broad SMARTS) is 1. The molecular formula is C18H21N3O3. The fraction of sp³-hybridized carbons (Fsp3) is 0.389. The monoisotopic (exact) mass is 327 g/mol. The molecular weight excluding hydrogens is 306 g/mol. The fourth-order valence-corrected chi connectivity index (χ4v) is 3.40. The van der Waals surface area contributed by atoms with Gasteiger partial charge in [0.25, 0.3) is 0 Å². The van der Waals surface area contributed by atoms with Crippen LogP contribution in [0.1, 0.15) is 34.9 Å². The first-order chi connectivity index (χ1) is 11.4. The van der Waals surface area contributed by atoms with Crippen LogP contribution in [0.4, 0.5) is 5.69 Å². The first-order valence-electron chi connectivity index (χ1n) is 8.01. The molecule has 0 radical (unpaired) electrons. The molecule has 6 nitrogen and oxygen atoms in total. The molecule has 0 fully saturated rings. The molecule has 1 aliphatic rings. The zero-order chi connectivity index (χ0) is 17.4. The highest BCUT2D eigenvalue weighted by molar-refractivity contribution is 5.99. The van der Waals surface area contributed by atoms with E-state index >= 15 is 0 Å². The van der Waals surface area contributed by atoms with E-state index in [1.54, 1.807) is 11.0 Å². The Morgan fingerprint density at radius 3 is 2.62 bits per heavy atom. The summed E-state index contributed by atoms with van der Waals surface area (Å²) in [6.45, 7) is 4.14. The number of carboxylic acids is 1. The number of para-hydroxylation sites is 1. The van der Waals surface area contributed by atoms with E-state index in [-0.39, 0.29) is 12.5 Å². The zero-order valence-corrected chi connectivity index (χ0v) is 14.1. The first-order valence-corrected chi connectivity index (χ1v) is 8.01. The van der Waals surface area contributed by atoms with Gasteiger partial charge in [-0.25, -0.2) is 0 Å². The Balaban J connectivity index is 1.78. The third kappa shape index (κ3) is 2.68. The highest BCUT2D eigenvalue weighted by atomic mass is 16.4. The predicted octanol–water partition coefficient (Wildman–Crippen LogP) is 2.18. The summed E-state index contributed by atoms with van der Waals surface area (Å²) in [7, 11) is 1.89. The van der Waals surface area contributed by atoms with E-state index in [9.17, 15) is 14.7 Å². The molecule has 3 rings (SSSR count). The number of nitrogens with zero attached hydrogens (tertiary/aromatic N) is 3. The first kappa shape index (κ1) is 16.2. The molecule has 0 unspecified atom stereocenters. The number of anilines is 1. The minimum Gasteiger partial charge on any atom is -0.481 e. The number of carbonyl (C=O) groups is 2. The third-order valence-corrected chi connectivity index (χ3v) is 4.82. The van der Waals surface area contributed by atoms with Gasteiger partial charge in [0.05, 0.1) is 5.69 Å². The second-order valence-electron chi connectivity index (χ2n) is 6.23. The molecule has 1 aromatic carbocycles. The number of amides is 1. The molecule has 1 aromatic heterocycles.